The molecule has 1 amide bonds. The van der Waals surface area contributed by atoms with Gasteiger partial charge in [-0.2, -0.15) is 0 Å². The second kappa shape index (κ2) is 9.14. The van der Waals surface area contributed by atoms with Crippen molar-refractivity contribution in [1.29, 1.82) is 0 Å². The fourth-order valence-corrected chi connectivity index (χ4v) is 4.78. The van der Waals surface area contributed by atoms with Crippen molar-refractivity contribution in [2.24, 2.45) is 0 Å². The number of hydrogen-bond donors (Lipinski definition) is 1. The number of thioether (sulfide) groups is 1. The van der Waals surface area contributed by atoms with Gasteiger partial charge in [0.1, 0.15) is 15.8 Å². The molecule has 1 fully saturated rings. The van der Waals surface area contributed by atoms with Gasteiger partial charge >= 0.3 is 5.97 Å². The first-order valence-corrected chi connectivity index (χ1v) is 11.3. The van der Waals surface area contributed by atoms with Crippen LogP contribution in [0.15, 0.2) is 76.1 Å². The maximum absolute atomic E-state index is 13.1. The largest absolute Gasteiger partial charge is 0.479 e. The Balaban J connectivity index is 1.59. The van der Waals surface area contributed by atoms with Crippen molar-refractivity contribution >= 4 is 46.3 Å². The van der Waals surface area contributed by atoms with Crippen LogP contribution in [0.3, 0.4) is 0 Å². The van der Waals surface area contributed by atoms with Crippen LogP contribution in [-0.4, -0.2) is 26.2 Å². The predicted molar refractivity (Wildman–Crippen MR) is 130 cm³/mol. The number of furan rings is 1. The zero-order valence-corrected chi connectivity index (χ0v) is 19.2. The minimum absolute atomic E-state index is 0.202. The van der Waals surface area contributed by atoms with Gasteiger partial charge in [0.25, 0.3) is 5.91 Å². The molecule has 0 spiro atoms. The van der Waals surface area contributed by atoms with E-state index in [0.717, 1.165) is 22.2 Å². The fraction of sp³-hybridized carbons (Fsp3) is 0.160. The Bertz CT molecular complexity index is 1200. The van der Waals surface area contributed by atoms with Crippen LogP contribution < -0.4 is 0 Å². The number of hydrogen-bond acceptors (Lipinski definition) is 5. The van der Waals surface area contributed by atoms with E-state index in [9.17, 15) is 14.7 Å². The topological polar surface area (TPSA) is 70.8 Å². The Labute approximate surface area is 195 Å². The molecule has 0 saturated carbocycles. The average molecular weight is 464 g/mol. The lowest BCUT2D eigenvalue weighted by molar-refractivity contribution is -0.145. The highest BCUT2D eigenvalue weighted by molar-refractivity contribution is 8.26. The molecule has 1 atom stereocenters. The van der Waals surface area contributed by atoms with Gasteiger partial charge in [0, 0.05) is 11.6 Å². The molecule has 0 aliphatic carbocycles. The minimum Gasteiger partial charge on any atom is -0.479 e. The number of thiocarbonyl (C=S) groups is 1. The van der Waals surface area contributed by atoms with Gasteiger partial charge in [-0.25, -0.2) is 4.79 Å². The van der Waals surface area contributed by atoms with Crippen LogP contribution >= 0.6 is 24.0 Å². The molecule has 32 heavy (non-hydrogen) atoms. The molecule has 3 aromatic rings. The molecule has 1 aliphatic rings. The summed E-state index contributed by atoms with van der Waals surface area (Å²) in [6.45, 7) is 4.28. The number of carboxylic acids is 1. The Morgan fingerprint density at radius 1 is 1.03 bits per heavy atom. The molecule has 5 nitrogen and oxygen atoms in total. The molecule has 1 unspecified atom stereocenters. The van der Waals surface area contributed by atoms with Gasteiger partial charge in [-0.05, 0) is 29.2 Å². The number of nitrogens with zero attached hydrogens (tertiary/aromatic N) is 1. The molecule has 0 radical (unpaired) electrons. The van der Waals surface area contributed by atoms with E-state index in [1.54, 1.807) is 42.5 Å². The third-order valence-electron chi connectivity index (χ3n) is 5.19. The molecule has 162 valence electrons. The average Bonchev–Trinajstić information content (AvgIpc) is 3.35. The number of carbonyl (C=O) groups excluding carboxylic acids is 1. The summed E-state index contributed by atoms with van der Waals surface area (Å²) in [4.78, 5) is 26.5. The molecular formula is C25H21NO4S2. The van der Waals surface area contributed by atoms with Crippen LogP contribution in [0.5, 0.6) is 0 Å². The van der Waals surface area contributed by atoms with Crippen LogP contribution in [0.25, 0.3) is 17.4 Å². The number of carboxylic acid groups (broad SMARTS) is 1. The Morgan fingerprint density at radius 3 is 2.34 bits per heavy atom. The molecular weight excluding hydrogens is 442 g/mol. The van der Waals surface area contributed by atoms with Gasteiger partial charge in [-0.15, -0.1) is 0 Å². The highest BCUT2D eigenvalue weighted by Gasteiger charge is 2.41. The molecule has 7 heteroatoms. The standard InChI is InChI=1S/C25H21NO4S2/c1-15(2)16-8-10-17(11-9-16)20-13-12-19(30-20)14-21-23(27)26(25(31)32-21)22(24(28)29)18-6-4-3-5-7-18/h3-15,22H,1-2H3,(H,28,29)/b21-14-. The fourth-order valence-electron chi connectivity index (χ4n) is 3.49. The lowest BCUT2D eigenvalue weighted by Crippen LogP contribution is -2.37. The Kier molecular flexibility index (Phi) is 6.30. The van der Waals surface area contributed by atoms with Gasteiger partial charge in [-0.3, -0.25) is 9.69 Å². The molecule has 1 aliphatic heterocycles. The number of carbonyl (C=O) groups is 2. The molecule has 4 rings (SSSR count). The van der Waals surface area contributed by atoms with Crippen molar-refractivity contribution in [3.05, 3.63) is 88.5 Å². The van der Waals surface area contributed by atoms with Crippen LogP contribution in [-0.2, 0) is 9.59 Å². The van der Waals surface area contributed by atoms with E-state index in [4.69, 9.17) is 16.6 Å². The van der Waals surface area contributed by atoms with E-state index in [1.807, 2.05) is 18.2 Å². The Hall–Kier alpha value is -3.16. The van der Waals surface area contributed by atoms with E-state index in [0.29, 0.717) is 27.9 Å². The Morgan fingerprint density at radius 2 is 1.72 bits per heavy atom. The van der Waals surface area contributed by atoms with E-state index < -0.39 is 17.9 Å². The summed E-state index contributed by atoms with van der Waals surface area (Å²) in [7, 11) is 0. The van der Waals surface area contributed by atoms with Crippen molar-refractivity contribution in [3.8, 4) is 11.3 Å². The normalized spacial score (nSPS) is 16.2. The number of aliphatic carboxylic acids is 1. The lowest BCUT2D eigenvalue weighted by atomic mass is 10.0. The van der Waals surface area contributed by atoms with Crippen LogP contribution in [0, 0.1) is 0 Å². The van der Waals surface area contributed by atoms with E-state index >= 15 is 0 Å². The van der Waals surface area contributed by atoms with Gasteiger partial charge in [-0.1, -0.05) is 92.4 Å². The maximum Gasteiger partial charge on any atom is 0.331 e. The number of benzene rings is 2. The van der Waals surface area contributed by atoms with Crippen LogP contribution in [0.1, 0.15) is 42.7 Å². The third-order valence-corrected chi connectivity index (χ3v) is 6.52. The second-order valence-electron chi connectivity index (χ2n) is 7.68. The summed E-state index contributed by atoms with van der Waals surface area (Å²) in [6.07, 6.45) is 1.61. The van der Waals surface area contributed by atoms with Crippen molar-refractivity contribution in [2.45, 2.75) is 25.8 Å². The SMILES string of the molecule is CC(C)c1ccc(-c2ccc(/C=C3\SC(=S)N(C(C(=O)O)c4ccccc4)C3=O)o2)cc1. The van der Waals surface area contributed by atoms with Crippen molar-refractivity contribution in [1.82, 2.24) is 4.90 Å². The highest BCUT2D eigenvalue weighted by atomic mass is 32.2. The van der Waals surface area contributed by atoms with E-state index in [1.165, 1.54) is 5.56 Å². The van der Waals surface area contributed by atoms with Crippen LogP contribution in [0.2, 0.25) is 0 Å². The van der Waals surface area contributed by atoms with E-state index in [-0.39, 0.29) is 4.32 Å². The lowest BCUT2D eigenvalue weighted by Gasteiger charge is -2.23. The first kappa shape index (κ1) is 22.0. The summed E-state index contributed by atoms with van der Waals surface area (Å²) in [5, 5.41) is 9.78. The molecule has 2 aromatic carbocycles. The van der Waals surface area contributed by atoms with Crippen LogP contribution in [0.4, 0.5) is 0 Å². The number of rotatable bonds is 6. The van der Waals surface area contributed by atoms with Gasteiger partial charge in [0.2, 0.25) is 0 Å². The molecule has 2 heterocycles. The molecule has 0 bridgehead atoms. The van der Waals surface area contributed by atoms with E-state index in [2.05, 4.69) is 26.0 Å². The predicted octanol–water partition coefficient (Wildman–Crippen LogP) is 6.10. The van der Waals surface area contributed by atoms with Gasteiger partial charge in [0.05, 0.1) is 4.91 Å². The van der Waals surface area contributed by atoms with Gasteiger partial charge < -0.3 is 9.52 Å². The summed E-state index contributed by atoms with van der Waals surface area (Å²) in [5.74, 6) is 0.0489. The highest BCUT2D eigenvalue weighted by Crippen LogP contribution is 2.39. The first-order valence-electron chi connectivity index (χ1n) is 10.1. The first-order chi connectivity index (χ1) is 15.3. The van der Waals surface area contributed by atoms with Crippen molar-refractivity contribution < 1.29 is 19.1 Å². The van der Waals surface area contributed by atoms with Crippen molar-refractivity contribution in [2.75, 3.05) is 0 Å². The summed E-state index contributed by atoms with van der Waals surface area (Å²) in [5.41, 5.74) is 2.68. The zero-order chi connectivity index (χ0) is 22.8. The summed E-state index contributed by atoms with van der Waals surface area (Å²) >= 11 is 6.43. The quantitative estimate of drug-likeness (QED) is 0.352. The summed E-state index contributed by atoms with van der Waals surface area (Å²) in [6, 6.07) is 19.2. The maximum atomic E-state index is 13.1. The molecule has 1 saturated heterocycles. The number of amides is 1. The van der Waals surface area contributed by atoms with Crippen molar-refractivity contribution in [3.63, 3.8) is 0 Å². The summed E-state index contributed by atoms with van der Waals surface area (Å²) < 4.78 is 6.13. The third kappa shape index (κ3) is 4.40. The monoisotopic (exact) mass is 463 g/mol. The molecule has 1 N–H and O–H groups in total. The second-order valence-corrected chi connectivity index (χ2v) is 9.36. The van der Waals surface area contributed by atoms with Gasteiger partial charge in [0.15, 0.2) is 6.04 Å². The minimum atomic E-state index is -1.18. The smallest absolute Gasteiger partial charge is 0.331 e. The molecule has 1 aromatic heterocycles. The zero-order valence-electron chi connectivity index (χ0n) is 17.5.